The fourth-order valence-corrected chi connectivity index (χ4v) is 4.07. The normalized spacial score (nSPS) is 16.2. The van der Waals surface area contributed by atoms with Crippen molar-refractivity contribution in [3.05, 3.63) is 72.7 Å². The maximum absolute atomic E-state index is 12.8. The number of rotatable bonds is 11. The zero-order valence-electron chi connectivity index (χ0n) is 19.3. The molecule has 6 nitrogen and oxygen atoms in total. The summed E-state index contributed by atoms with van der Waals surface area (Å²) in [6.45, 7) is 10.7. The van der Waals surface area contributed by atoms with Crippen LogP contribution in [0.25, 0.3) is 6.08 Å². The fourth-order valence-electron chi connectivity index (χ4n) is 4.07. The molecule has 33 heavy (non-hydrogen) atoms. The number of aryl methyl sites for hydroxylation is 2. The third kappa shape index (κ3) is 7.50. The molecule has 0 bridgehead atoms. The molecule has 0 aromatic carbocycles. The van der Waals surface area contributed by atoms with Crippen molar-refractivity contribution in [3.8, 4) is 0 Å². The van der Waals surface area contributed by atoms with Crippen molar-refractivity contribution in [2.45, 2.75) is 51.5 Å². The number of nitrogens with zero attached hydrogens (tertiary/aromatic N) is 3. The summed E-state index contributed by atoms with van der Waals surface area (Å²) in [5, 5.41) is 2.85. The maximum atomic E-state index is 12.8. The quantitative estimate of drug-likeness (QED) is 0.483. The number of amides is 2. The fraction of sp³-hybridized carbons (Fsp3) is 0.423. The van der Waals surface area contributed by atoms with Crippen LogP contribution in [0.4, 0.5) is 0 Å². The molecule has 2 amide bonds. The summed E-state index contributed by atoms with van der Waals surface area (Å²) in [4.78, 5) is 35.6. The Hall–Kier alpha value is -2.51. The second-order valence-electron chi connectivity index (χ2n) is 8.35. The van der Waals surface area contributed by atoms with Crippen molar-refractivity contribution in [2.24, 2.45) is 5.92 Å². The van der Waals surface area contributed by atoms with Crippen LogP contribution >= 0.6 is 0 Å². The maximum Gasteiger partial charge on any atom is 0.237 e. The van der Waals surface area contributed by atoms with Gasteiger partial charge in [-0.25, -0.2) is 0 Å². The van der Waals surface area contributed by atoms with E-state index in [0.29, 0.717) is 6.54 Å². The Morgan fingerprint density at radius 3 is 2.88 bits per heavy atom. The first-order valence-corrected chi connectivity index (χ1v) is 11.4. The first-order chi connectivity index (χ1) is 15.5. The Morgan fingerprint density at radius 1 is 1.36 bits per heavy atom. The van der Waals surface area contributed by atoms with E-state index in [1.165, 1.54) is 5.56 Å². The molecule has 3 heterocycles. The van der Waals surface area contributed by atoms with Crippen molar-refractivity contribution < 1.29 is 26.4 Å². The Bertz CT molecular complexity index is 935. The average molecular weight is 493 g/mol. The first kappa shape index (κ1) is 26.7. The van der Waals surface area contributed by atoms with Crippen molar-refractivity contribution in [1.82, 2.24) is 20.2 Å². The summed E-state index contributed by atoms with van der Waals surface area (Å²) in [6.07, 6.45) is 10.7. The van der Waals surface area contributed by atoms with E-state index >= 15 is 0 Å². The smallest absolute Gasteiger partial charge is 0.237 e. The van der Waals surface area contributed by atoms with Crippen LogP contribution in [0.5, 0.6) is 0 Å². The molecule has 1 saturated heterocycles. The molecule has 1 unspecified atom stereocenters. The molecule has 2 aromatic heterocycles. The third-order valence-electron chi connectivity index (χ3n) is 5.98. The molecule has 179 valence electrons. The van der Waals surface area contributed by atoms with E-state index in [1.54, 1.807) is 23.4 Å². The molecule has 3 rings (SSSR count). The first-order valence-electron chi connectivity index (χ1n) is 11.4. The zero-order chi connectivity index (χ0) is 22.9. The van der Waals surface area contributed by atoms with E-state index in [1.807, 2.05) is 12.1 Å². The molecule has 0 aliphatic carbocycles. The van der Waals surface area contributed by atoms with Crippen LogP contribution in [-0.4, -0.2) is 39.8 Å². The molecular weight excluding hydrogens is 459 g/mol. The van der Waals surface area contributed by atoms with Crippen LogP contribution in [0.1, 0.15) is 61.2 Å². The predicted molar refractivity (Wildman–Crippen MR) is 126 cm³/mol. The zero-order valence-corrected chi connectivity index (χ0v) is 20.3. The largest absolute Gasteiger partial charge is 0.377 e. The Labute approximate surface area is 207 Å². The van der Waals surface area contributed by atoms with Gasteiger partial charge in [0.15, 0.2) is 0 Å². The van der Waals surface area contributed by atoms with E-state index in [2.05, 4.69) is 42.9 Å². The number of likely N-dealkylation sites (tertiary alicyclic amines) is 1. The van der Waals surface area contributed by atoms with E-state index in [-0.39, 0.29) is 41.1 Å². The van der Waals surface area contributed by atoms with Crippen molar-refractivity contribution in [1.29, 1.82) is 0 Å². The van der Waals surface area contributed by atoms with Crippen LogP contribution in [0.2, 0.25) is 0 Å². The van der Waals surface area contributed by atoms with E-state index in [0.717, 1.165) is 55.5 Å². The van der Waals surface area contributed by atoms with Gasteiger partial charge in [-0.2, -0.15) is 0 Å². The van der Waals surface area contributed by atoms with E-state index in [9.17, 15) is 9.59 Å². The van der Waals surface area contributed by atoms with Gasteiger partial charge in [0.1, 0.15) is 0 Å². The molecule has 1 aliphatic rings. The molecular formula is C26H33CoN4O2-. The van der Waals surface area contributed by atoms with Gasteiger partial charge in [0.25, 0.3) is 0 Å². The van der Waals surface area contributed by atoms with Crippen LogP contribution in [0, 0.1) is 12.8 Å². The Balaban J connectivity index is 0.00000385. The topological polar surface area (TPSA) is 75.2 Å². The minimum atomic E-state index is -0.393. The number of carbonyl (C=O) groups is 2. The second-order valence-corrected chi connectivity index (χ2v) is 8.35. The molecule has 2 aromatic rings. The van der Waals surface area contributed by atoms with Gasteiger partial charge in [0.05, 0.1) is 12.2 Å². The number of carbonyl (C=O) groups excluding carboxylic acids is 2. The number of hydrogen-bond acceptors (Lipinski definition) is 4. The number of hydrogen-bond donors (Lipinski definition) is 1. The van der Waals surface area contributed by atoms with Crippen molar-refractivity contribution >= 4 is 17.9 Å². The van der Waals surface area contributed by atoms with Crippen LogP contribution < -0.4 is 5.32 Å². The molecule has 1 radical (unpaired) electrons. The summed E-state index contributed by atoms with van der Waals surface area (Å²) < 4.78 is 0. The predicted octanol–water partition coefficient (Wildman–Crippen LogP) is 3.93. The summed E-state index contributed by atoms with van der Waals surface area (Å²) in [6, 6.07) is 7.48. The third-order valence-corrected chi connectivity index (χ3v) is 5.98. The Morgan fingerprint density at radius 2 is 2.18 bits per heavy atom. The summed E-state index contributed by atoms with van der Waals surface area (Å²) >= 11 is 0. The molecule has 1 fully saturated rings. The molecule has 1 N–H and O–H groups in total. The van der Waals surface area contributed by atoms with Gasteiger partial charge in [0, 0.05) is 47.3 Å². The SMILES string of the molecule is C=Cc1nc(CCC2CCN(CC(=O)N[C@@H]([CH2-])c3cccnc3)C2=O)ccc1CCCC.[Co]. The number of aromatic nitrogens is 2. The molecule has 7 heteroatoms. The van der Waals surface area contributed by atoms with Crippen LogP contribution in [0.3, 0.4) is 0 Å². The van der Waals surface area contributed by atoms with E-state index < -0.39 is 6.04 Å². The van der Waals surface area contributed by atoms with Crippen LogP contribution in [0.15, 0.2) is 43.2 Å². The molecule has 2 atom stereocenters. The van der Waals surface area contributed by atoms with Gasteiger partial charge in [-0.3, -0.25) is 19.6 Å². The minimum absolute atomic E-state index is 0. The molecule has 0 saturated carbocycles. The molecule has 0 spiro atoms. The average Bonchev–Trinajstić information content (AvgIpc) is 3.15. The Kier molecular flexibility index (Phi) is 10.7. The van der Waals surface area contributed by atoms with Gasteiger partial charge in [-0.1, -0.05) is 38.1 Å². The summed E-state index contributed by atoms with van der Waals surface area (Å²) in [7, 11) is 0. The van der Waals surface area contributed by atoms with Gasteiger partial charge in [0.2, 0.25) is 11.8 Å². The van der Waals surface area contributed by atoms with E-state index in [4.69, 9.17) is 4.98 Å². The minimum Gasteiger partial charge on any atom is -0.377 e. The van der Waals surface area contributed by atoms with Gasteiger partial charge in [-0.15, -0.1) is 0 Å². The number of nitrogens with one attached hydrogen (secondary N) is 1. The van der Waals surface area contributed by atoms with Gasteiger partial charge in [-0.05, 0) is 61.4 Å². The van der Waals surface area contributed by atoms with Crippen LogP contribution in [-0.2, 0) is 39.2 Å². The van der Waals surface area contributed by atoms with Crippen molar-refractivity contribution in [2.75, 3.05) is 13.1 Å². The molecule has 1 aliphatic heterocycles. The van der Waals surface area contributed by atoms with Gasteiger partial charge >= 0.3 is 0 Å². The summed E-state index contributed by atoms with van der Waals surface area (Å²) in [5.74, 6) is -0.223. The standard InChI is InChI=1S/C26H33N4O2.Co/c1-4-6-8-20-10-12-23(29-24(20)5-2)13-11-21-14-16-30(26(21)32)18-25(31)28-19(3)22-9-7-15-27-17-22;/h5,7,9-10,12,15,17,19,21H,2-4,6,8,11,13-14,16,18H2,1H3,(H,28,31);/q-1;/t19-,21?;/m0./s1. The monoisotopic (exact) mass is 492 g/mol. The number of pyridine rings is 2. The van der Waals surface area contributed by atoms with Crippen molar-refractivity contribution in [3.63, 3.8) is 0 Å². The summed E-state index contributed by atoms with van der Waals surface area (Å²) in [5.41, 5.74) is 4.00. The van der Waals surface area contributed by atoms with Gasteiger partial charge < -0.3 is 17.1 Å². The number of unbranched alkanes of at least 4 members (excludes halogenated alkanes) is 1. The second kappa shape index (κ2) is 13.3.